The Balaban J connectivity index is 1.52. The van der Waals surface area contributed by atoms with Gasteiger partial charge < -0.3 is 9.47 Å². The molecule has 0 spiro atoms. The normalized spacial score (nSPS) is 19.6. The maximum absolute atomic E-state index is 14.9. The van der Waals surface area contributed by atoms with Gasteiger partial charge in [0.15, 0.2) is 23.3 Å². The molecule has 36 heavy (non-hydrogen) atoms. The monoisotopic (exact) mass is 494 g/mol. The molecule has 0 saturated carbocycles. The summed E-state index contributed by atoms with van der Waals surface area (Å²) < 4.78 is 55.4. The molecule has 4 aromatic rings. The highest BCUT2D eigenvalue weighted by Gasteiger charge is 2.29. The molecule has 2 aliphatic heterocycles. The van der Waals surface area contributed by atoms with Gasteiger partial charge in [-0.2, -0.15) is 0 Å². The number of ether oxygens (including phenoxy) is 2. The summed E-state index contributed by atoms with van der Waals surface area (Å²) in [4.78, 5) is 26.8. The van der Waals surface area contributed by atoms with Crippen LogP contribution in [0.15, 0.2) is 41.3 Å². The number of halogens is 3. The Hall–Kier alpha value is -3.63. The van der Waals surface area contributed by atoms with Crippen molar-refractivity contribution in [3.8, 4) is 11.4 Å². The minimum absolute atomic E-state index is 0.0680. The van der Waals surface area contributed by atoms with E-state index >= 15 is 0 Å². The largest absolute Gasteiger partial charge is 0.373 e. The van der Waals surface area contributed by atoms with Crippen LogP contribution in [0, 0.1) is 24.4 Å². The van der Waals surface area contributed by atoms with E-state index in [1.165, 1.54) is 0 Å². The predicted molar refractivity (Wildman–Crippen MR) is 123 cm³/mol. The van der Waals surface area contributed by atoms with E-state index in [0.29, 0.717) is 36.4 Å². The minimum atomic E-state index is -1.63. The van der Waals surface area contributed by atoms with Crippen molar-refractivity contribution in [1.29, 1.82) is 0 Å². The summed E-state index contributed by atoms with van der Waals surface area (Å²) in [5.41, 5.74) is 2.73. The average molecular weight is 494 g/mol. The Morgan fingerprint density at radius 3 is 2.75 bits per heavy atom. The second kappa shape index (κ2) is 8.79. The van der Waals surface area contributed by atoms with Crippen LogP contribution in [0.4, 0.5) is 13.2 Å². The molecule has 1 saturated heterocycles. The molecule has 1 aromatic carbocycles. The molecule has 3 aromatic heterocycles. The number of aryl methyl sites for hydroxylation is 1. The Bertz CT molecular complexity index is 1570. The van der Waals surface area contributed by atoms with E-state index in [1.807, 2.05) is 19.1 Å². The zero-order valence-electron chi connectivity index (χ0n) is 19.3. The highest BCUT2D eigenvalue weighted by Crippen LogP contribution is 2.38. The van der Waals surface area contributed by atoms with Crippen molar-refractivity contribution >= 4 is 5.65 Å². The molecular formula is C26H21F3N4O3. The molecule has 5 heterocycles. The van der Waals surface area contributed by atoms with Crippen molar-refractivity contribution in [3.63, 3.8) is 0 Å². The lowest BCUT2D eigenvalue weighted by molar-refractivity contribution is 0.00457. The fraction of sp³-hybridized carbons (Fsp3) is 0.308. The Labute approximate surface area is 203 Å². The van der Waals surface area contributed by atoms with E-state index in [-0.39, 0.29) is 42.3 Å². The van der Waals surface area contributed by atoms with Gasteiger partial charge in [-0.1, -0.05) is 0 Å². The number of pyridine rings is 1. The molecule has 0 amide bonds. The third-order valence-electron chi connectivity index (χ3n) is 6.77. The maximum Gasteiger partial charge on any atom is 0.265 e. The Morgan fingerprint density at radius 1 is 1.06 bits per heavy atom. The van der Waals surface area contributed by atoms with Crippen LogP contribution >= 0.6 is 0 Å². The third kappa shape index (κ3) is 3.77. The molecule has 0 radical (unpaired) electrons. The predicted octanol–water partition coefficient (Wildman–Crippen LogP) is 4.54. The van der Waals surface area contributed by atoms with Crippen molar-refractivity contribution in [2.24, 2.45) is 0 Å². The van der Waals surface area contributed by atoms with Crippen LogP contribution in [0.5, 0.6) is 0 Å². The summed E-state index contributed by atoms with van der Waals surface area (Å²) in [5, 5.41) is 0. The standard InChI is InChI=1S/C26H21F3N4O3/c1-13-8-15(4-6-30-13)21-9-14(5-7-36-21)19-10-22-31-20-12-35-11-17(20)26(34)33(22)25(32-19)16-2-3-18(27)24(29)23(16)28/h2-4,6,8,10,14,21H,5,7,9,11-12H2,1H3/t14-,21-/m0/s1. The maximum atomic E-state index is 14.9. The number of hydrogen-bond donors (Lipinski definition) is 0. The average Bonchev–Trinajstić information content (AvgIpc) is 3.36. The lowest BCUT2D eigenvalue weighted by atomic mass is 9.89. The van der Waals surface area contributed by atoms with Gasteiger partial charge in [-0.05, 0) is 49.6 Å². The molecular weight excluding hydrogens is 473 g/mol. The van der Waals surface area contributed by atoms with E-state index < -0.39 is 23.0 Å². The molecule has 1 fully saturated rings. The topological polar surface area (TPSA) is 78.6 Å². The third-order valence-corrected chi connectivity index (χ3v) is 6.77. The summed E-state index contributed by atoms with van der Waals surface area (Å²) in [5.74, 6) is -4.60. The van der Waals surface area contributed by atoms with Gasteiger partial charge in [0.25, 0.3) is 5.56 Å². The highest BCUT2D eigenvalue weighted by molar-refractivity contribution is 5.62. The molecule has 0 bridgehead atoms. The Kier molecular flexibility index (Phi) is 5.57. The van der Waals surface area contributed by atoms with E-state index in [9.17, 15) is 18.0 Å². The number of hydrogen-bond acceptors (Lipinski definition) is 6. The molecule has 10 heteroatoms. The first kappa shape index (κ1) is 22.8. The van der Waals surface area contributed by atoms with Gasteiger partial charge in [-0.3, -0.25) is 9.78 Å². The second-order valence-corrected chi connectivity index (χ2v) is 9.07. The van der Waals surface area contributed by atoms with Gasteiger partial charge in [-0.15, -0.1) is 0 Å². The zero-order valence-corrected chi connectivity index (χ0v) is 19.3. The molecule has 6 rings (SSSR count). The first-order valence-corrected chi connectivity index (χ1v) is 11.6. The fourth-order valence-corrected chi connectivity index (χ4v) is 4.92. The minimum Gasteiger partial charge on any atom is -0.373 e. The van der Waals surface area contributed by atoms with Crippen molar-refractivity contribution in [3.05, 3.63) is 92.5 Å². The van der Waals surface area contributed by atoms with E-state index in [1.54, 1.807) is 12.3 Å². The molecule has 7 nitrogen and oxygen atoms in total. The number of nitrogens with zero attached hydrogens (tertiary/aromatic N) is 4. The van der Waals surface area contributed by atoms with Crippen molar-refractivity contribution in [1.82, 2.24) is 19.4 Å². The molecule has 2 atom stereocenters. The van der Waals surface area contributed by atoms with Crippen molar-refractivity contribution < 1.29 is 22.6 Å². The van der Waals surface area contributed by atoms with Crippen LogP contribution < -0.4 is 5.56 Å². The molecule has 2 aliphatic rings. The number of fused-ring (bicyclic) bond motifs is 2. The van der Waals surface area contributed by atoms with Gasteiger partial charge in [0.2, 0.25) is 0 Å². The van der Waals surface area contributed by atoms with E-state index in [2.05, 4.69) is 15.0 Å². The summed E-state index contributed by atoms with van der Waals surface area (Å²) in [6.07, 6.45) is 2.76. The van der Waals surface area contributed by atoms with Gasteiger partial charge in [0, 0.05) is 36.2 Å². The van der Waals surface area contributed by atoms with Crippen LogP contribution in [0.3, 0.4) is 0 Å². The van der Waals surface area contributed by atoms with Crippen LogP contribution in [0.2, 0.25) is 0 Å². The van der Waals surface area contributed by atoms with Crippen molar-refractivity contribution in [2.45, 2.75) is 45.0 Å². The van der Waals surface area contributed by atoms with Gasteiger partial charge in [0.1, 0.15) is 5.65 Å². The lowest BCUT2D eigenvalue weighted by Gasteiger charge is -2.30. The molecule has 184 valence electrons. The second-order valence-electron chi connectivity index (χ2n) is 9.07. The van der Waals surface area contributed by atoms with Crippen LogP contribution in [-0.4, -0.2) is 26.0 Å². The summed E-state index contributed by atoms with van der Waals surface area (Å²) in [7, 11) is 0. The van der Waals surface area contributed by atoms with Crippen LogP contribution in [0.25, 0.3) is 17.0 Å². The molecule has 0 unspecified atom stereocenters. The summed E-state index contributed by atoms with van der Waals surface area (Å²) >= 11 is 0. The SMILES string of the molecule is Cc1cc([C@@H]2C[C@@H](c3cc4nc5c(c(=O)n4c(-c4ccc(F)c(F)c4F)n3)COC5)CCO2)ccn1. The van der Waals surface area contributed by atoms with Gasteiger partial charge >= 0.3 is 0 Å². The first-order chi connectivity index (χ1) is 17.4. The number of benzene rings is 1. The van der Waals surface area contributed by atoms with Crippen LogP contribution in [0.1, 0.15) is 53.1 Å². The summed E-state index contributed by atoms with van der Waals surface area (Å²) in [6, 6.07) is 7.47. The van der Waals surface area contributed by atoms with E-state index in [4.69, 9.17) is 9.47 Å². The quantitative estimate of drug-likeness (QED) is 0.389. The van der Waals surface area contributed by atoms with Gasteiger partial charge in [-0.25, -0.2) is 27.5 Å². The Morgan fingerprint density at radius 2 is 1.92 bits per heavy atom. The summed E-state index contributed by atoms with van der Waals surface area (Å²) in [6.45, 7) is 2.63. The van der Waals surface area contributed by atoms with Crippen LogP contribution in [-0.2, 0) is 22.7 Å². The molecule has 0 aliphatic carbocycles. The fourth-order valence-electron chi connectivity index (χ4n) is 4.92. The van der Waals surface area contributed by atoms with E-state index in [0.717, 1.165) is 27.8 Å². The first-order valence-electron chi connectivity index (χ1n) is 11.6. The number of rotatable bonds is 3. The highest BCUT2D eigenvalue weighted by atomic mass is 19.2. The lowest BCUT2D eigenvalue weighted by Crippen LogP contribution is -2.25. The number of aromatic nitrogens is 4. The van der Waals surface area contributed by atoms with Crippen molar-refractivity contribution in [2.75, 3.05) is 6.61 Å². The zero-order chi connectivity index (χ0) is 25.0. The smallest absolute Gasteiger partial charge is 0.265 e. The molecule has 0 N–H and O–H groups in total. The van der Waals surface area contributed by atoms with Gasteiger partial charge in [0.05, 0.1) is 36.1 Å².